The molecule has 7 heteroatoms. The van der Waals surface area contributed by atoms with E-state index in [0.717, 1.165) is 21.2 Å². The number of amides is 1. The molecule has 28 heavy (non-hydrogen) atoms. The molecule has 0 aliphatic rings. The number of rotatable bonds is 6. The van der Waals surface area contributed by atoms with E-state index in [2.05, 4.69) is 10.3 Å². The van der Waals surface area contributed by atoms with Gasteiger partial charge in [-0.15, -0.1) is 0 Å². The third-order valence-corrected chi connectivity index (χ3v) is 5.45. The van der Waals surface area contributed by atoms with Crippen molar-refractivity contribution < 1.29 is 13.9 Å². The molecule has 0 spiro atoms. The van der Waals surface area contributed by atoms with E-state index in [1.54, 1.807) is 31.5 Å². The highest BCUT2D eigenvalue weighted by Crippen LogP contribution is 2.29. The van der Waals surface area contributed by atoms with Crippen molar-refractivity contribution in [3.05, 3.63) is 78.0 Å². The molecular weight excluding hydrogens is 377 g/mol. The van der Waals surface area contributed by atoms with Gasteiger partial charge < -0.3 is 10.1 Å². The molecule has 2 aromatic heterocycles. The van der Waals surface area contributed by atoms with E-state index in [1.807, 2.05) is 34.9 Å². The molecule has 4 aromatic rings. The molecule has 0 saturated heterocycles. The lowest BCUT2D eigenvalue weighted by Gasteiger charge is -2.04. The molecule has 1 N–H and O–H groups in total. The predicted molar refractivity (Wildman–Crippen MR) is 107 cm³/mol. The SMILES string of the molecule is COc1ccc(-c2cn3cc(C(=O)NCCc4ccccc4F)nc3s2)cc1. The summed E-state index contributed by atoms with van der Waals surface area (Å²) in [7, 11) is 1.64. The largest absolute Gasteiger partial charge is 0.497 e. The topological polar surface area (TPSA) is 55.6 Å². The summed E-state index contributed by atoms with van der Waals surface area (Å²) in [5.41, 5.74) is 1.99. The van der Waals surface area contributed by atoms with Crippen molar-refractivity contribution in [2.45, 2.75) is 6.42 Å². The van der Waals surface area contributed by atoms with Gasteiger partial charge in [-0.2, -0.15) is 0 Å². The van der Waals surface area contributed by atoms with Crippen molar-refractivity contribution >= 4 is 22.2 Å². The minimum absolute atomic E-state index is 0.259. The standard InChI is InChI=1S/C21H18FN3O2S/c1-27-16-8-6-15(7-9-16)19-13-25-12-18(24-21(25)28-19)20(26)23-11-10-14-4-2-3-5-17(14)22/h2-9,12-13H,10-11H2,1H3,(H,23,26). The van der Waals surface area contributed by atoms with Crippen LogP contribution in [0.15, 0.2) is 60.9 Å². The summed E-state index contributed by atoms with van der Waals surface area (Å²) in [6.07, 6.45) is 4.09. The number of methoxy groups -OCH3 is 1. The summed E-state index contributed by atoms with van der Waals surface area (Å²) in [6.45, 7) is 0.349. The molecule has 0 unspecified atom stereocenters. The summed E-state index contributed by atoms with van der Waals surface area (Å²) in [5, 5.41) is 2.79. The summed E-state index contributed by atoms with van der Waals surface area (Å²) in [4.78, 5) is 18.5. The molecule has 0 radical (unpaired) electrons. The number of hydrogen-bond acceptors (Lipinski definition) is 4. The summed E-state index contributed by atoms with van der Waals surface area (Å²) in [6, 6.07) is 14.4. The van der Waals surface area contributed by atoms with E-state index in [0.29, 0.717) is 24.2 Å². The third-order valence-electron chi connectivity index (χ3n) is 4.40. The molecule has 0 atom stereocenters. The second kappa shape index (κ2) is 7.82. The molecule has 0 aliphatic carbocycles. The van der Waals surface area contributed by atoms with Crippen LogP contribution in [-0.2, 0) is 6.42 Å². The van der Waals surface area contributed by atoms with Gasteiger partial charge in [-0.3, -0.25) is 9.20 Å². The van der Waals surface area contributed by atoms with Gasteiger partial charge in [0, 0.05) is 18.9 Å². The van der Waals surface area contributed by atoms with Crippen molar-refractivity contribution in [2.75, 3.05) is 13.7 Å². The molecule has 2 heterocycles. The average molecular weight is 395 g/mol. The van der Waals surface area contributed by atoms with Gasteiger partial charge in [0.05, 0.1) is 12.0 Å². The highest BCUT2D eigenvalue weighted by molar-refractivity contribution is 7.20. The maximum atomic E-state index is 13.6. The molecular formula is C21H18FN3O2S. The number of nitrogens with one attached hydrogen (secondary N) is 1. The molecule has 142 valence electrons. The Morgan fingerprint density at radius 2 is 1.96 bits per heavy atom. The van der Waals surface area contributed by atoms with Crippen molar-refractivity contribution in [3.8, 4) is 16.2 Å². The van der Waals surface area contributed by atoms with Crippen LogP contribution in [0.25, 0.3) is 15.4 Å². The van der Waals surface area contributed by atoms with Gasteiger partial charge in [0.15, 0.2) is 4.96 Å². The number of fused-ring (bicyclic) bond motifs is 1. The van der Waals surface area contributed by atoms with E-state index in [1.165, 1.54) is 17.4 Å². The Morgan fingerprint density at radius 1 is 1.18 bits per heavy atom. The van der Waals surface area contributed by atoms with E-state index < -0.39 is 0 Å². The number of carbonyl (C=O) groups is 1. The molecule has 0 fully saturated rings. The van der Waals surface area contributed by atoms with Crippen molar-refractivity contribution in [1.29, 1.82) is 0 Å². The van der Waals surface area contributed by atoms with Gasteiger partial charge in [0.2, 0.25) is 0 Å². The average Bonchev–Trinajstić information content (AvgIpc) is 3.29. The highest BCUT2D eigenvalue weighted by atomic mass is 32.1. The summed E-state index contributed by atoms with van der Waals surface area (Å²) < 4.78 is 20.6. The number of ether oxygens (including phenoxy) is 1. The number of carbonyl (C=O) groups excluding carboxylic acids is 1. The highest BCUT2D eigenvalue weighted by Gasteiger charge is 2.13. The fourth-order valence-corrected chi connectivity index (χ4v) is 3.87. The Balaban J connectivity index is 1.42. The van der Waals surface area contributed by atoms with E-state index in [9.17, 15) is 9.18 Å². The lowest BCUT2D eigenvalue weighted by molar-refractivity contribution is 0.0949. The van der Waals surface area contributed by atoms with Crippen LogP contribution in [0.5, 0.6) is 5.75 Å². The Hall–Kier alpha value is -3.19. The third kappa shape index (κ3) is 3.75. The lowest BCUT2D eigenvalue weighted by atomic mass is 10.1. The van der Waals surface area contributed by atoms with Gasteiger partial charge in [0.1, 0.15) is 17.3 Å². The Bertz CT molecular complexity index is 1090. The minimum Gasteiger partial charge on any atom is -0.497 e. The molecule has 2 aromatic carbocycles. The van der Waals surface area contributed by atoms with Gasteiger partial charge in [0.25, 0.3) is 5.91 Å². The first kappa shape index (κ1) is 18.2. The number of thiazole rings is 1. The fraction of sp³-hybridized carbons (Fsp3) is 0.143. The first-order valence-corrected chi connectivity index (χ1v) is 9.60. The van der Waals surface area contributed by atoms with E-state index >= 15 is 0 Å². The lowest BCUT2D eigenvalue weighted by Crippen LogP contribution is -2.26. The number of imidazole rings is 1. The number of aromatic nitrogens is 2. The Kier molecular flexibility index (Phi) is 5.08. The molecule has 5 nitrogen and oxygen atoms in total. The maximum Gasteiger partial charge on any atom is 0.271 e. The van der Waals surface area contributed by atoms with Crippen LogP contribution < -0.4 is 10.1 Å². The first-order chi connectivity index (χ1) is 13.6. The van der Waals surface area contributed by atoms with Crippen LogP contribution in [0, 0.1) is 5.82 Å². The monoisotopic (exact) mass is 395 g/mol. The van der Waals surface area contributed by atoms with Crippen LogP contribution in [0.1, 0.15) is 16.1 Å². The van der Waals surface area contributed by atoms with E-state index in [4.69, 9.17) is 4.74 Å². The number of halogens is 1. The zero-order valence-corrected chi connectivity index (χ0v) is 16.0. The Labute approximate surface area is 165 Å². The Morgan fingerprint density at radius 3 is 2.68 bits per heavy atom. The molecule has 0 bridgehead atoms. The van der Waals surface area contributed by atoms with Gasteiger partial charge in [-0.1, -0.05) is 29.5 Å². The van der Waals surface area contributed by atoms with Gasteiger partial charge in [-0.05, 0) is 47.9 Å². The second-order valence-electron chi connectivity index (χ2n) is 6.24. The van der Waals surface area contributed by atoms with Crippen LogP contribution >= 0.6 is 11.3 Å². The first-order valence-electron chi connectivity index (χ1n) is 8.78. The zero-order chi connectivity index (χ0) is 19.5. The maximum absolute atomic E-state index is 13.6. The van der Waals surface area contributed by atoms with Crippen molar-refractivity contribution in [1.82, 2.24) is 14.7 Å². The van der Waals surface area contributed by atoms with Gasteiger partial charge >= 0.3 is 0 Å². The zero-order valence-electron chi connectivity index (χ0n) is 15.2. The van der Waals surface area contributed by atoms with Crippen LogP contribution in [0.2, 0.25) is 0 Å². The molecule has 0 aliphatic heterocycles. The van der Waals surface area contributed by atoms with E-state index in [-0.39, 0.29) is 11.7 Å². The molecule has 4 rings (SSSR count). The van der Waals surface area contributed by atoms with Crippen molar-refractivity contribution in [3.63, 3.8) is 0 Å². The summed E-state index contributed by atoms with van der Waals surface area (Å²) >= 11 is 1.51. The number of nitrogens with zero attached hydrogens (tertiary/aromatic N) is 2. The van der Waals surface area contributed by atoms with Crippen LogP contribution in [0.4, 0.5) is 4.39 Å². The van der Waals surface area contributed by atoms with Crippen LogP contribution in [-0.4, -0.2) is 28.9 Å². The smallest absolute Gasteiger partial charge is 0.271 e. The second-order valence-corrected chi connectivity index (χ2v) is 7.25. The predicted octanol–water partition coefficient (Wildman–Crippen LogP) is 4.18. The quantitative estimate of drug-likeness (QED) is 0.533. The van der Waals surface area contributed by atoms with Crippen LogP contribution in [0.3, 0.4) is 0 Å². The number of hydrogen-bond donors (Lipinski definition) is 1. The van der Waals surface area contributed by atoms with Gasteiger partial charge in [-0.25, -0.2) is 9.37 Å². The molecule has 0 saturated carbocycles. The fourth-order valence-electron chi connectivity index (χ4n) is 2.90. The normalized spacial score (nSPS) is 10.9. The minimum atomic E-state index is -0.266. The summed E-state index contributed by atoms with van der Waals surface area (Å²) in [5.74, 6) is 0.281. The molecule has 1 amide bonds. The van der Waals surface area contributed by atoms with Crippen molar-refractivity contribution in [2.24, 2.45) is 0 Å². The number of benzene rings is 2.